The van der Waals surface area contributed by atoms with Crippen molar-refractivity contribution in [2.75, 3.05) is 0 Å². The van der Waals surface area contributed by atoms with Gasteiger partial charge in [0.05, 0.1) is 17.6 Å². The molecule has 5 aromatic rings. The SMILES string of the molecule is NC(=O)c1cccc2c1c1ccc(-c3c(Cl)cccc3Cl)cc1n2Cc1cc(F)cc(F)c1F. The number of aromatic nitrogens is 1. The predicted molar refractivity (Wildman–Crippen MR) is 129 cm³/mol. The monoisotopic (exact) mass is 498 g/mol. The molecule has 0 aliphatic rings. The van der Waals surface area contributed by atoms with Gasteiger partial charge < -0.3 is 10.3 Å². The van der Waals surface area contributed by atoms with E-state index in [9.17, 15) is 18.0 Å². The van der Waals surface area contributed by atoms with E-state index in [-0.39, 0.29) is 17.7 Å². The summed E-state index contributed by atoms with van der Waals surface area (Å²) in [6, 6.07) is 16.9. The number of carbonyl (C=O) groups excluding carboxylic acids is 1. The van der Waals surface area contributed by atoms with Crippen molar-refractivity contribution in [1.29, 1.82) is 0 Å². The van der Waals surface area contributed by atoms with E-state index in [2.05, 4.69) is 0 Å². The summed E-state index contributed by atoms with van der Waals surface area (Å²) in [5.41, 5.74) is 8.13. The van der Waals surface area contributed by atoms with Gasteiger partial charge in [-0.1, -0.05) is 47.5 Å². The molecule has 3 nitrogen and oxygen atoms in total. The topological polar surface area (TPSA) is 48.0 Å². The highest BCUT2D eigenvalue weighted by atomic mass is 35.5. The molecule has 0 bridgehead atoms. The summed E-state index contributed by atoms with van der Waals surface area (Å²) in [4.78, 5) is 12.2. The smallest absolute Gasteiger partial charge is 0.249 e. The molecule has 2 N–H and O–H groups in total. The third kappa shape index (κ3) is 3.59. The number of hydrogen-bond acceptors (Lipinski definition) is 1. The normalized spacial score (nSPS) is 11.4. The minimum Gasteiger partial charge on any atom is -0.366 e. The van der Waals surface area contributed by atoms with Gasteiger partial charge in [0.2, 0.25) is 5.91 Å². The van der Waals surface area contributed by atoms with Gasteiger partial charge in [0, 0.05) is 43.6 Å². The van der Waals surface area contributed by atoms with Gasteiger partial charge >= 0.3 is 0 Å². The van der Waals surface area contributed by atoms with Crippen LogP contribution in [0, 0.1) is 17.5 Å². The molecule has 0 radical (unpaired) electrons. The highest BCUT2D eigenvalue weighted by Gasteiger charge is 2.20. The van der Waals surface area contributed by atoms with Crippen molar-refractivity contribution in [3.05, 3.63) is 105 Å². The maximum absolute atomic E-state index is 14.6. The molecule has 0 saturated carbocycles. The molecule has 0 aliphatic heterocycles. The zero-order chi connectivity index (χ0) is 24.1. The molecule has 0 unspecified atom stereocenters. The Morgan fingerprint density at radius 2 is 1.59 bits per heavy atom. The first-order valence-corrected chi connectivity index (χ1v) is 10.9. The summed E-state index contributed by atoms with van der Waals surface area (Å²) in [6.07, 6.45) is 0. The fraction of sp³-hybridized carbons (Fsp3) is 0.0385. The van der Waals surface area contributed by atoms with E-state index < -0.39 is 23.4 Å². The predicted octanol–water partition coefficient (Wildman–Crippen LogP) is 7.33. The highest BCUT2D eigenvalue weighted by Crippen LogP contribution is 2.39. The fourth-order valence-corrected chi connectivity index (χ4v) is 4.96. The van der Waals surface area contributed by atoms with Crippen LogP contribution >= 0.6 is 23.2 Å². The maximum Gasteiger partial charge on any atom is 0.249 e. The van der Waals surface area contributed by atoms with E-state index in [1.165, 1.54) is 0 Å². The Balaban J connectivity index is 1.85. The zero-order valence-corrected chi connectivity index (χ0v) is 18.9. The zero-order valence-electron chi connectivity index (χ0n) is 17.4. The number of nitrogens with two attached hydrogens (primary N) is 1. The van der Waals surface area contributed by atoms with E-state index in [0.717, 1.165) is 6.07 Å². The molecule has 0 aliphatic carbocycles. The van der Waals surface area contributed by atoms with Crippen LogP contribution in [0.4, 0.5) is 13.2 Å². The van der Waals surface area contributed by atoms with Crippen LogP contribution in [-0.4, -0.2) is 10.5 Å². The number of fused-ring (bicyclic) bond motifs is 3. The molecule has 8 heteroatoms. The summed E-state index contributed by atoms with van der Waals surface area (Å²) in [7, 11) is 0. The number of nitrogens with zero attached hydrogens (tertiary/aromatic N) is 1. The van der Waals surface area contributed by atoms with Gasteiger partial charge in [0.15, 0.2) is 11.6 Å². The number of primary amides is 1. The van der Waals surface area contributed by atoms with Crippen molar-refractivity contribution < 1.29 is 18.0 Å². The first-order chi connectivity index (χ1) is 16.3. The van der Waals surface area contributed by atoms with Gasteiger partial charge in [0.25, 0.3) is 0 Å². The maximum atomic E-state index is 14.6. The van der Waals surface area contributed by atoms with Gasteiger partial charge in [-0.15, -0.1) is 0 Å². The van der Waals surface area contributed by atoms with E-state index in [4.69, 9.17) is 28.9 Å². The summed E-state index contributed by atoms with van der Waals surface area (Å²) < 4.78 is 44.1. The fourth-order valence-electron chi connectivity index (χ4n) is 4.34. The summed E-state index contributed by atoms with van der Waals surface area (Å²) >= 11 is 12.8. The quantitative estimate of drug-likeness (QED) is 0.259. The van der Waals surface area contributed by atoms with Crippen LogP contribution in [0.15, 0.2) is 66.7 Å². The average molecular weight is 499 g/mol. The Labute approximate surface area is 202 Å². The summed E-state index contributed by atoms with van der Waals surface area (Å²) in [6.45, 7) is -0.192. The Morgan fingerprint density at radius 3 is 2.29 bits per heavy atom. The minimum absolute atomic E-state index is 0.179. The lowest BCUT2D eigenvalue weighted by molar-refractivity contribution is 0.100. The van der Waals surface area contributed by atoms with Crippen molar-refractivity contribution in [1.82, 2.24) is 4.57 Å². The van der Waals surface area contributed by atoms with E-state index >= 15 is 0 Å². The Hall–Kier alpha value is -3.48. The lowest BCUT2D eigenvalue weighted by Gasteiger charge is -2.12. The largest absolute Gasteiger partial charge is 0.366 e. The molecular formula is C26H15Cl2F3N2O. The second kappa shape index (κ2) is 8.38. The highest BCUT2D eigenvalue weighted by molar-refractivity contribution is 6.39. The second-order valence-corrected chi connectivity index (χ2v) is 8.65. The molecule has 0 fully saturated rings. The Bertz CT molecular complexity index is 1610. The van der Waals surface area contributed by atoms with Crippen molar-refractivity contribution in [2.24, 2.45) is 5.73 Å². The molecule has 0 spiro atoms. The third-order valence-corrected chi connectivity index (χ3v) is 6.43. The van der Waals surface area contributed by atoms with Crippen LogP contribution in [0.3, 0.4) is 0 Å². The minimum atomic E-state index is -1.28. The van der Waals surface area contributed by atoms with E-state index in [1.54, 1.807) is 59.2 Å². The number of halogens is 5. The van der Waals surface area contributed by atoms with Gasteiger partial charge in [-0.25, -0.2) is 13.2 Å². The molecule has 34 heavy (non-hydrogen) atoms. The van der Waals surface area contributed by atoms with Crippen LogP contribution in [0.5, 0.6) is 0 Å². The first kappa shape index (κ1) is 22.3. The number of amides is 1. The molecule has 1 aromatic heterocycles. The van der Waals surface area contributed by atoms with Crippen LogP contribution in [-0.2, 0) is 6.54 Å². The van der Waals surface area contributed by atoms with Crippen LogP contribution < -0.4 is 5.73 Å². The molecule has 1 heterocycles. The molecule has 5 rings (SSSR count). The number of benzene rings is 4. The van der Waals surface area contributed by atoms with Crippen molar-refractivity contribution in [3.8, 4) is 11.1 Å². The Morgan fingerprint density at radius 1 is 0.882 bits per heavy atom. The standard InChI is InChI=1S/C26H15Cl2F3N2O/c27-18-4-2-5-19(28)23(18)13-7-8-16-22(10-13)33(12-14-9-15(29)11-20(30)25(14)31)21-6-1-3-17(24(16)21)26(32)34/h1-11H,12H2,(H2,32,34). The molecule has 1 amide bonds. The number of hydrogen-bond donors (Lipinski definition) is 1. The molecule has 170 valence electrons. The lowest BCUT2D eigenvalue weighted by Crippen LogP contribution is -2.11. The number of carbonyl (C=O) groups is 1. The van der Waals surface area contributed by atoms with Crippen LogP contribution in [0.2, 0.25) is 10.0 Å². The molecular weight excluding hydrogens is 484 g/mol. The third-order valence-electron chi connectivity index (χ3n) is 5.80. The van der Waals surface area contributed by atoms with Gasteiger partial charge in [-0.05, 0) is 42.0 Å². The van der Waals surface area contributed by atoms with Crippen molar-refractivity contribution in [2.45, 2.75) is 6.54 Å². The van der Waals surface area contributed by atoms with E-state index in [1.807, 2.05) is 0 Å². The van der Waals surface area contributed by atoms with Crippen LogP contribution in [0.25, 0.3) is 32.9 Å². The van der Waals surface area contributed by atoms with E-state index in [0.29, 0.717) is 49.0 Å². The van der Waals surface area contributed by atoms with Crippen molar-refractivity contribution in [3.63, 3.8) is 0 Å². The van der Waals surface area contributed by atoms with Gasteiger partial charge in [0.1, 0.15) is 5.82 Å². The lowest BCUT2D eigenvalue weighted by atomic mass is 10.0. The number of rotatable bonds is 4. The molecule has 0 atom stereocenters. The van der Waals surface area contributed by atoms with Crippen LogP contribution in [0.1, 0.15) is 15.9 Å². The summed E-state index contributed by atoms with van der Waals surface area (Å²) in [5, 5.41) is 2.09. The summed E-state index contributed by atoms with van der Waals surface area (Å²) in [5.74, 6) is -3.95. The van der Waals surface area contributed by atoms with Crippen molar-refractivity contribution >= 4 is 50.9 Å². The average Bonchev–Trinajstić information content (AvgIpc) is 3.10. The Kier molecular flexibility index (Phi) is 5.50. The van der Waals surface area contributed by atoms with Gasteiger partial charge in [-0.3, -0.25) is 4.79 Å². The van der Waals surface area contributed by atoms with Gasteiger partial charge in [-0.2, -0.15) is 0 Å². The molecule has 4 aromatic carbocycles. The molecule has 0 saturated heterocycles. The first-order valence-electron chi connectivity index (χ1n) is 10.2. The second-order valence-electron chi connectivity index (χ2n) is 7.84.